The molecule has 1 aromatic rings. The fourth-order valence-corrected chi connectivity index (χ4v) is 4.58. The second-order valence-electron chi connectivity index (χ2n) is 5.92. The Labute approximate surface area is 159 Å². The minimum Gasteiger partial charge on any atom is -0.495 e. The molecule has 3 rings (SSSR count). The molecular formula is C16H24ClN3O5S. The van der Waals surface area contributed by atoms with Gasteiger partial charge in [0.15, 0.2) is 0 Å². The third-order valence-corrected chi connectivity index (χ3v) is 6.32. The van der Waals surface area contributed by atoms with E-state index in [0.29, 0.717) is 45.0 Å². The molecule has 1 aromatic carbocycles. The minimum absolute atomic E-state index is 0. The van der Waals surface area contributed by atoms with Gasteiger partial charge in [0.1, 0.15) is 10.6 Å². The van der Waals surface area contributed by atoms with E-state index < -0.39 is 10.0 Å². The summed E-state index contributed by atoms with van der Waals surface area (Å²) >= 11 is 0. The summed E-state index contributed by atoms with van der Waals surface area (Å²) in [7, 11) is -2.32. The van der Waals surface area contributed by atoms with Crippen molar-refractivity contribution in [3.05, 3.63) is 23.8 Å². The van der Waals surface area contributed by atoms with Gasteiger partial charge in [0.2, 0.25) is 10.0 Å². The van der Waals surface area contributed by atoms with Crippen LogP contribution in [-0.4, -0.2) is 83.1 Å². The Balaban J connectivity index is 0.00000243. The first kappa shape index (κ1) is 20.9. The van der Waals surface area contributed by atoms with Gasteiger partial charge in [0.05, 0.1) is 20.3 Å². The molecule has 0 atom stereocenters. The highest BCUT2D eigenvalue weighted by atomic mass is 35.5. The first-order valence-corrected chi connectivity index (χ1v) is 9.74. The van der Waals surface area contributed by atoms with Crippen LogP contribution in [-0.2, 0) is 14.8 Å². The molecule has 1 amide bonds. The van der Waals surface area contributed by atoms with Crippen molar-refractivity contribution in [2.45, 2.75) is 4.90 Å². The Morgan fingerprint density at radius 2 is 1.81 bits per heavy atom. The van der Waals surface area contributed by atoms with Crippen molar-refractivity contribution in [1.29, 1.82) is 0 Å². The number of morpholine rings is 1. The van der Waals surface area contributed by atoms with E-state index in [0.717, 1.165) is 13.1 Å². The molecule has 0 unspecified atom stereocenters. The Morgan fingerprint density at radius 1 is 1.15 bits per heavy atom. The quantitative estimate of drug-likeness (QED) is 0.769. The van der Waals surface area contributed by atoms with Crippen molar-refractivity contribution in [2.75, 3.05) is 59.6 Å². The molecular weight excluding hydrogens is 382 g/mol. The molecule has 2 fully saturated rings. The van der Waals surface area contributed by atoms with Gasteiger partial charge in [-0.05, 0) is 18.2 Å². The van der Waals surface area contributed by atoms with Gasteiger partial charge in [-0.1, -0.05) is 0 Å². The number of halogens is 1. The zero-order valence-electron chi connectivity index (χ0n) is 14.6. The lowest BCUT2D eigenvalue weighted by Gasteiger charge is -2.28. The molecule has 0 radical (unpaired) electrons. The van der Waals surface area contributed by atoms with Gasteiger partial charge in [0, 0.05) is 44.8 Å². The normalized spacial score (nSPS) is 18.9. The van der Waals surface area contributed by atoms with Crippen LogP contribution in [0.4, 0.5) is 0 Å². The van der Waals surface area contributed by atoms with Gasteiger partial charge >= 0.3 is 0 Å². The third kappa shape index (κ3) is 4.29. The molecule has 26 heavy (non-hydrogen) atoms. The van der Waals surface area contributed by atoms with E-state index in [1.54, 1.807) is 17.0 Å². The van der Waals surface area contributed by atoms with Crippen LogP contribution in [0.2, 0.25) is 0 Å². The summed E-state index contributed by atoms with van der Waals surface area (Å²) in [5.74, 6) is 0.0749. The lowest BCUT2D eigenvalue weighted by molar-refractivity contribution is 0.0727. The van der Waals surface area contributed by atoms with E-state index >= 15 is 0 Å². The topological polar surface area (TPSA) is 88.2 Å². The number of carbonyl (C=O) groups is 1. The van der Waals surface area contributed by atoms with Gasteiger partial charge in [-0.2, -0.15) is 4.31 Å². The van der Waals surface area contributed by atoms with Crippen LogP contribution in [0.5, 0.6) is 5.75 Å². The van der Waals surface area contributed by atoms with E-state index in [9.17, 15) is 13.2 Å². The van der Waals surface area contributed by atoms with E-state index in [1.165, 1.54) is 17.5 Å². The molecule has 0 aliphatic carbocycles. The number of methoxy groups -OCH3 is 1. The molecule has 1 N–H and O–H groups in total. The standard InChI is InChI=1S/C16H23N3O5S.ClH/c1-23-14-3-2-13(16(20)18-6-4-17-5-7-18)12-15(14)25(21,22)19-8-10-24-11-9-19;/h2-3,12,17H,4-11H2,1H3;1H. The van der Waals surface area contributed by atoms with Crippen LogP contribution in [0.15, 0.2) is 23.1 Å². The number of ether oxygens (including phenoxy) is 2. The minimum atomic E-state index is -3.75. The summed E-state index contributed by atoms with van der Waals surface area (Å²) in [5.41, 5.74) is 0.356. The molecule has 2 aliphatic rings. The van der Waals surface area contributed by atoms with Crippen molar-refractivity contribution in [3.8, 4) is 5.75 Å². The van der Waals surface area contributed by atoms with Crippen LogP contribution in [0.25, 0.3) is 0 Å². The van der Waals surface area contributed by atoms with Crippen LogP contribution in [0.1, 0.15) is 10.4 Å². The average Bonchev–Trinajstić information content (AvgIpc) is 2.68. The number of sulfonamides is 1. The molecule has 0 aromatic heterocycles. The number of hydrogen-bond acceptors (Lipinski definition) is 6. The van der Waals surface area contributed by atoms with Gasteiger partial charge < -0.3 is 19.7 Å². The molecule has 0 bridgehead atoms. The highest BCUT2D eigenvalue weighted by Gasteiger charge is 2.30. The summed E-state index contributed by atoms with van der Waals surface area (Å²) in [4.78, 5) is 14.4. The Kier molecular flexibility index (Phi) is 7.24. The summed E-state index contributed by atoms with van der Waals surface area (Å²) in [6, 6.07) is 4.58. The smallest absolute Gasteiger partial charge is 0.253 e. The number of piperazine rings is 1. The summed E-state index contributed by atoms with van der Waals surface area (Å²) in [6.45, 7) is 4.00. The third-order valence-electron chi connectivity index (χ3n) is 4.40. The summed E-state index contributed by atoms with van der Waals surface area (Å²) in [5, 5.41) is 3.19. The Morgan fingerprint density at radius 3 is 2.42 bits per heavy atom. The maximum atomic E-state index is 13.0. The first-order valence-electron chi connectivity index (χ1n) is 8.30. The molecule has 2 aliphatic heterocycles. The second kappa shape index (κ2) is 9.01. The summed E-state index contributed by atoms with van der Waals surface area (Å²) < 4.78 is 37.8. The van der Waals surface area contributed by atoms with Crippen molar-refractivity contribution >= 4 is 28.3 Å². The van der Waals surface area contributed by atoms with E-state index in [1.807, 2.05) is 0 Å². The SMILES string of the molecule is COc1ccc(C(=O)N2CCNCC2)cc1S(=O)(=O)N1CCOCC1.Cl. The highest BCUT2D eigenvalue weighted by molar-refractivity contribution is 7.89. The van der Waals surface area contributed by atoms with Gasteiger partial charge in [-0.15, -0.1) is 12.4 Å². The molecule has 2 saturated heterocycles. The van der Waals surface area contributed by atoms with Gasteiger partial charge in [-0.3, -0.25) is 4.79 Å². The number of rotatable bonds is 4. The van der Waals surface area contributed by atoms with Gasteiger partial charge in [0.25, 0.3) is 5.91 Å². The van der Waals surface area contributed by atoms with E-state index in [2.05, 4.69) is 5.32 Å². The fraction of sp³-hybridized carbons (Fsp3) is 0.562. The second-order valence-corrected chi connectivity index (χ2v) is 7.83. The number of nitrogens with one attached hydrogen (secondary N) is 1. The number of benzene rings is 1. The predicted molar refractivity (Wildman–Crippen MR) is 98.6 cm³/mol. The monoisotopic (exact) mass is 405 g/mol. The largest absolute Gasteiger partial charge is 0.495 e. The van der Waals surface area contributed by atoms with Crippen LogP contribution >= 0.6 is 12.4 Å². The van der Waals surface area contributed by atoms with Crippen LogP contribution in [0, 0.1) is 0 Å². The number of amides is 1. The van der Waals surface area contributed by atoms with Gasteiger partial charge in [-0.25, -0.2) is 8.42 Å². The molecule has 0 saturated carbocycles. The van der Waals surface area contributed by atoms with Crippen molar-refractivity contribution in [2.24, 2.45) is 0 Å². The van der Waals surface area contributed by atoms with Crippen molar-refractivity contribution in [1.82, 2.24) is 14.5 Å². The van der Waals surface area contributed by atoms with Crippen LogP contribution in [0.3, 0.4) is 0 Å². The summed E-state index contributed by atoms with van der Waals surface area (Å²) in [6.07, 6.45) is 0. The number of hydrogen-bond donors (Lipinski definition) is 1. The zero-order chi connectivity index (χ0) is 17.9. The van der Waals surface area contributed by atoms with Crippen molar-refractivity contribution in [3.63, 3.8) is 0 Å². The van der Waals surface area contributed by atoms with Crippen molar-refractivity contribution < 1.29 is 22.7 Å². The molecule has 2 heterocycles. The van der Waals surface area contributed by atoms with Crippen LogP contribution < -0.4 is 10.1 Å². The molecule has 8 nitrogen and oxygen atoms in total. The highest BCUT2D eigenvalue weighted by Crippen LogP contribution is 2.29. The number of nitrogens with zero attached hydrogens (tertiary/aromatic N) is 2. The average molecular weight is 406 g/mol. The van der Waals surface area contributed by atoms with E-state index in [-0.39, 0.29) is 29.0 Å². The maximum absolute atomic E-state index is 13.0. The molecule has 0 spiro atoms. The van der Waals surface area contributed by atoms with E-state index in [4.69, 9.17) is 9.47 Å². The Bertz CT molecular complexity index is 731. The predicted octanol–water partition coefficient (Wildman–Crippen LogP) is 0.183. The fourth-order valence-electron chi connectivity index (χ4n) is 2.99. The molecule has 146 valence electrons. The molecule has 10 heteroatoms. The first-order chi connectivity index (χ1) is 12.0. The lowest BCUT2D eigenvalue weighted by atomic mass is 10.1. The Hall–Kier alpha value is -1.39. The lowest BCUT2D eigenvalue weighted by Crippen LogP contribution is -2.46. The maximum Gasteiger partial charge on any atom is 0.253 e. The number of carbonyl (C=O) groups excluding carboxylic acids is 1. The zero-order valence-corrected chi connectivity index (χ0v) is 16.3.